The highest BCUT2D eigenvalue weighted by molar-refractivity contribution is 5.67. The number of carboxylic acids is 1. The molecule has 1 amide bonds. The Hall–Kier alpha value is -1.26. The Balaban J connectivity index is 3.39. The largest absolute Gasteiger partial charge is 0.481 e. The molecule has 1 atom stereocenters. The van der Waals surface area contributed by atoms with Crippen LogP contribution < -0.4 is 5.32 Å². The van der Waals surface area contributed by atoms with Crippen molar-refractivity contribution in [1.29, 1.82) is 0 Å². The molecule has 5 nitrogen and oxygen atoms in total. The van der Waals surface area contributed by atoms with Gasteiger partial charge in [-0.3, -0.25) is 4.79 Å². The molecule has 0 aromatic carbocycles. The van der Waals surface area contributed by atoms with E-state index in [1.54, 1.807) is 0 Å². The number of hydrogen-bond donors (Lipinski definition) is 2. The van der Waals surface area contributed by atoms with Crippen molar-refractivity contribution in [2.24, 2.45) is 5.92 Å². The van der Waals surface area contributed by atoms with Crippen molar-refractivity contribution < 1.29 is 19.4 Å². The molecule has 5 heteroatoms. The molecule has 0 aliphatic heterocycles. The summed E-state index contributed by atoms with van der Waals surface area (Å²) in [5, 5.41) is 11.0. The van der Waals surface area contributed by atoms with E-state index in [0.29, 0.717) is 18.9 Å². The molecule has 0 bridgehead atoms. The number of rotatable bonds is 6. The van der Waals surface area contributed by atoms with E-state index in [0.717, 1.165) is 6.42 Å². The fourth-order valence-electron chi connectivity index (χ4n) is 1.01. The molecule has 2 N–H and O–H groups in total. The molecule has 82 valence electrons. The van der Waals surface area contributed by atoms with Gasteiger partial charge in [-0.15, -0.1) is 0 Å². The number of carbonyl (C=O) groups excluding carboxylic acids is 1. The highest BCUT2D eigenvalue weighted by Gasteiger charge is 2.06. The SMILES string of the molecule is COC(=O)NCCC(C)CCC(=O)O. The molecule has 0 spiro atoms. The molecule has 1 unspecified atom stereocenters. The zero-order valence-corrected chi connectivity index (χ0v) is 8.58. The van der Waals surface area contributed by atoms with Crippen LogP contribution in [0.5, 0.6) is 0 Å². The second kappa shape index (κ2) is 7.17. The lowest BCUT2D eigenvalue weighted by Crippen LogP contribution is -2.25. The van der Waals surface area contributed by atoms with Gasteiger partial charge in [0, 0.05) is 13.0 Å². The molecule has 0 heterocycles. The smallest absolute Gasteiger partial charge is 0.406 e. The van der Waals surface area contributed by atoms with Crippen LogP contribution in [-0.4, -0.2) is 30.8 Å². The second-order valence-corrected chi connectivity index (χ2v) is 3.24. The molecule has 0 saturated heterocycles. The Morgan fingerprint density at radius 1 is 1.43 bits per heavy atom. The molecule has 14 heavy (non-hydrogen) atoms. The maximum atomic E-state index is 10.6. The number of nitrogens with one attached hydrogen (secondary N) is 1. The van der Waals surface area contributed by atoms with Crippen LogP contribution in [0.25, 0.3) is 0 Å². The predicted molar refractivity (Wildman–Crippen MR) is 51.1 cm³/mol. The summed E-state index contributed by atoms with van der Waals surface area (Å²) in [7, 11) is 1.31. The highest BCUT2D eigenvalue weighted by atomic mass is 16.5. The molecule has 0 aromatic rings. The number of ether oxygens (including phenoxy) is 1. The lowest BCUT2D eigenvalue weighted by Gasteiger charge is -2.09. The molecule has 0 aliphatic carbocycles. The van der Waals surface area contributed by atoms with Crippen LogP contribution in [0, 0.1) is 5.92 Å². The van der Waals surface area contributed by atoms with Crippen LogP contribution >= 0.6 is 0 Å². The average Bonchev–Trinajstić information content (AvgIpc) is 2.14. The first-order chi connectivity index (χ1) is 6.56. The first-order valence-electron chi connectivity index (χ1n) is 4.60. The summed E-state index contributed by atoms with van der Waals surface area (Å²) in [6, 6.07) is 0. The van der Waals surface area contributed by atoms with Crippen molar-refractivity contribution in [3.05, 3.63) is 0 Å². The monoisotopic (exact) mass is 203 g/mol. The maximum Gasteiger partial charge on any atom is 0.406 e. The van der Waals surface area contributed by atoms with Crippen molar-refractivity contribution in [2.45, 2.75) is 26.2 Å². The van der Waals surface area contributed by atoms with Crippen LogP contribution in [0.3, 0.4) is 0 Å². The van der Waals surface area contributed by atoms with E-state index in [-0.39, 0.29) is 6.42 Å². The maximum absolute atomic E-state index is 10.6. The van der Waals surface area contributed by atoms with E-state index < -0.39 is 12.1 Å². The van der Waals surface area contributed by atoms with Gasteiger partial charge in [0.05, 0.1) is 7.11 Å². The van der Waals surface area contributed by atoms with Gasteiger partial charge in [-0.25, -0.2) is 4.79 Å². The third-order valence-corrected chi connectivity index (χ3v) is 1.94. The Labute approximate surface area is 83.4 Å². The topological polar surface area (TPSA) is 75.6 Å². The minimum absolute atomic E-state index is 0.180. The number of methoxy groups -OCH3 is 1. The van der Waals surface area contributed by atoms with E-state index in [1.807, 2.05) is 6.92 Å². The van der Waals surface area contributed by atoms with Gasteiger partial charge >= 0.3 is 12.1 Å². The summed E-state index contributed by atoms with van der Waals surface area (Å²) in [6.07, 6.45) is 1.13. The van der Waals surface area contributed by atoms with E-state index in [4.69, 9.17) is 5.11 Å². The van der Waals surface area contributed by atoms with Gasteiger partial charge in [0.25, 0.3) is 0 Å². The summed E-state index contributed by atoms with van der Waals surface area (Å²) in [6.45, 7) is 2.48. The molecule has 0 fully saturated rings. The van der Waals surface area contributed by atoms with Crippen molar-refractivity contribution in [1.82, 2.24) is 5.32 Å². The molecule has 0 aromatic heterocycles. The lowest BCUT2D eigenvalue weighted by molar-refractivity contribution is -0.137. The molecule has 0 radical (unpaired) electrons. The highest BCUT2D eigenvalue weighted by Crippen LogP contribution is 2.08. The Bertz CT molecular complexity index is 193. The zero-order valence-electron chi connectivity index (χ0n) is 8.58. The van der Waals surface area contributed by atoms with Crippen LogP contribution in [0.15, 0.2) is 0 Å². The van der Waals surface area contributed by atoms with Gasteiger partial charge in [0.2, 0.25) is 0 Å². The molecule has 0 rings (SSSR count). The second-order valence-electron chi connectivity index (χ2n) is 3.24. The average molecular weight is 203 g/mol. The van der Waals surface area contributed by atoms with Gasteiger partial charge < -0.3 is 15.2 Å². The van der Waals surface area contributed by atoms with Gasteiger partial charge in [0.15, 0.2) is 0 Å². The summed E-state index contributed by atoms with van der Waals surface area (Å²) < 4.78 is 4.39. The summed E-state index contributed by atoms with van der Waals surface area (Å²) in [4.78, 5) is 20.9. The van der Waals surface area contributed by atoms with Crippen molar-refractivity contribution in [3.8, 4) is 0 Å². The van der Waals surface area contributed by atoms with E-state index in [9.17, 15) is 9.59 Å². The number of carboxylic acid groups (broad SMARTS) is 1. The summed E-state index contributed by atoms with van der Waals surface area (Å²) in [5.74, 6) is -0.485. The minimum atomic E-state index is -0.780. The van der Waals surface area contributed by atoms with Gasteiger partial charge in [-0.05, 0) is 18.8 Å². The molecule has 0 saturated carbocycles. The Kier molecular flexibility index (Phi) is 6.53. The standard InChI is InChI=1S/C9H17NO4/c1-7(3-4-8(11)12)5-6-10-9(13)14-2/h7H,3-6H2,1-2H3,(H,10,13)(H,11,12). The molecule has 0 aliphatic rings. The summed E-state index contributed by atoms with van der Waals surface area (Å²) >= 11 is 0. The van der Waals surface area contributed by atoms with E-state index >= 15 is 0 Å². The van der Waals surface area contributed by atoms with Crippen LogP contribution in [-0.2, 0) is 9.53 Å². The normalized spacial score (nSPS) is 11.9. The predicted octanol–water partition coefficient (Wildman–Crippen LogP) is 1.23. The molecular formula is C9H17NO4. The van der Waals surface area contributed by atoms with Crippen molar-refractivity contribution in [2.75, 3.05) is 13.7 Å². The van der Waals surface area contributed by atoms with Crippen LogP contribution in [0.2, 0.25) is 0 Å². The first-order valence-corrected chi connectivity index (χ1v) is 4.60. The fourth-order valence-corrected chi connectivity index (χ4v) is 1.01. The number of hydrogen-bond acceptors (Lipinski definition) is 3. The Morgan fingerprint density at radius 2 is 2.07 bits per heavy atom. The van der Waals surface area contributed by atoms with Gasteiger partial charge in [0.1, 0.15) is 0 Å². The van der Waals surface area contributed by atoms with Crippen molar-refractivity contribution in [3.63, 3.8) is 0 Å². The lowest BCUT2D eigenvalue weighted by atomic mass is 10.0. The number of amides is 1. The number of alkyl carbamates (subject to hydrolysis) is 1. The van der Waals surface area contributed by atoms with Crippen LogP contribution in [0.4, 0.5) is 4.79 Å². The van der Waals surface area contributed by atoms with Gasteiger partial charge in [-0.1, -0.05) is 6.92 Å². The van der Waals surface area contributed by atoms with E-state index in [1.165, 1.54) is 7.11 Å². The first kappa shape index (κ1) is 12.7. The number of carbonyl (C=O) groups is 2. The molecular weight excluding hydrogens is 186 g/mol. The number of aliphatic carboxylic acids is 1. The quantitative estimate of drug-likeness (QED) is 0.680. The van der Waals surface area contributed by atoms with Crippen LogP contribution in [0.1, 0.15) is 26.2 Å². The van der Waals surface area contributed by atoms with Gasteiger partial charge in [-0.2, -0.15) is 0 Å². The minimum Gasteiger partial charge on any atom is -0.481 e. The third kappa shape index (κ3) is 7.39. The zero-order chi connectivity index (χ0) is 11.0. The third-order valence-electron chi connectivity index (χ3n) is 1.94. The van der Waals surface area contributed by atoms with Crippen molar-refractivity contribution >= 4 is 12.1 Å². The Morgan fingerprint density at radius 3 is 2.57 bits per heavy atom. The fraction of sp³-hybridized carbons (Fsp3) is 0.778. The summed E-state index contributed by atoms with van der Waals surface area (Å²) in [5.41, 5.74) is 0. The van der Waals surface area contributed by atoms with E-state index in [2.05, 4.69) is 10.1 Å².